The van der Waals surface area contributed by atoms with E-state index in [0.717, 1.165) is 0 Å². The van der Waals surface area contributed by atoms with Gasteiger partial charge in [-0.15, -0.1) is 0 Å². The molecule has 0 radical (unpaired) electrons. The largest absolute Gasteiger partial charge is 0.361 e. The summed E-state index contributed by atoms with van der Waals surface area (Å²) in [5, 5.41) is 3.50. The van der Waals surface area contributed by atoms with Gasteiger partial charge in [0.2, 0.25) is 0 Å². The molecule has 2 nitrogen and oxygen atoms in total. The fourth-order valence-electron chi connectivity index (χ4n) is 2.04. The number of aryl methyl sites for hydroxylation is 2. The van der Waals surface area contributed by atoms with Crippen LogP contribution in [0.5, 0.6) is 0 Å². The van der Waals surface area contributed by atoms with Gasteiger partial charge in [-0.2, -0.15) is 0 Å². The van der Waals surface area contributed by atoms with Crippen molar-refractivity contribution in [1.82, 2.24) is 10.3 Å². The van der Waals surface area contributed by atoms with Gasteiger partial charge in [0, 0.05) is 17.4 Å². The molecule has 0 spiro atoms. The molecule has 0 aromatic carbocycles. The summed E-state index contributed by atoms with van der Waals surface area (Å²) in [4.78, 5) is 3.42. The fraction of sp³-hybridized carbons (Fsp3) is 0.600. The number of H-pyrrole nitrogens is 1. The van der Waals surface area contributed by atoms with E-state index in [1.54, 1.807) is 0 Å². The van der Waals surface area contributed by atoms with Crippen molar-refractivity contribution in [3.05, 3.63) is 23.0 Å². The van der Waals surface area contributed by atoms with Gasteiger partial charge in [0.05, 0.1) is 0 Å². The van der Waals surface area contributed by atoms with E-state index in [1.807, 2.05) is 0 Å². The average Bonchev–Trinajstić information content (AvgIpc) is 2.58. The molecule has 1 fully saturated rings. The lowest BCUT2D eigenvalue weighted by atomic mass is 10.1. The Morgan fingerprint density at radius 2 is 2.25 bits per heavy atom. The van der Waals surface area contributed by atoms with Crippen molar-refractivity contribution in [3.63, 3.8) is 0 Å². The van der Waals surface area contributed by atoms with Crippen LogP contribution in [0, 0.1) is 13.8 Å². The first kappa shape index (κ1) is 7.87. The molecule has 66 valence electrons. The normalized spacial score (nSPS) is 23.3. The second-order valence-electron chi connectivity index (χ2n) is 3.70. The van der Waals surface area contributed by atoms with Crippen LogP contribution < -0.4 is 5.32 Å². The quantitative estimate of drug-likeness (QED) is 0.653. The molecule has 1 aliphatic rings. The van der Waals surface area contributed by atoms with Gasteiger partial charge in [-0.3, -0.25) is 0 Å². The van der Waals surface area contributed by atoms with Gasteiger partial charge >= 0.3 is 0 Å². The number of rotatable bonds is 1. The summed E-state index contributed by atoms with van der Waals surface area (Å²) in [7, 11) is 0. The summed E-state index contributed by atoms with van der Waals surface area (Å²) in [5.41, 5.74) is 4.06. The fourth-order valence-corrected chi connectivity index (χ4v) is 2.04. The molecule has 1 saturated heterocycles. The van der Waals surface area contributed by atoms with E-state index < -0.39 is 0 Å². The van der Waals surface area contributed by atoms with Crippen LogP contribution in [0.25, 0.3) is 0 Å². The number of nitrogens with one attached hydrogen (secondary N) is 2. The Morgan fingerprint density at radius 1 is 1.42 bits per heavy atom. The number of aromatic nitrogens is 1. The summed E-state index contributed by atoms with van der Waals surface area (Å²) in [6.07, 6.45) is 2.59. The van der Waals surface area contributed by atoms with Crippen LogP contribution in [0.2, 0.25) is 0 Å². The predicted molar refractivity (Wildman–Crippen MR) is 50.2 cm³/mol. The molecule has 2 heteroatoms. The minimum atomic E-state index is 0.582. The number of hydrogen-bond acceptors (Lipinski definition) is 1. The topological polar surface area (TPSA) is 27.8 Å². The standard InChI is InChI=1S/C10H16N2/c1-7-6-8(2)12-10(7)9-4-3-5-11-9/h6,9,11-12H,3-5H2,1-2H3/t9-/m0/s1. The highest BCUT2D eigenvalue weighted by molar-refractivity contribution is 5.26. The minimum Gasteiger partial charge on any atom is -0.361 e. The third kappa shape index (κ3) is 1.27. The van der Waals surface area contributed by atoms with Crippen LogP contribution in [0.3, 0.4) is 0 Å². The smallest absolute Gasteiger partial charge is 0.0476 e. The Morgan fingerprint density at radius 3 is 2.75 bits per heavy atom. The monoisotopic (exact) mass is 164 g/mol. The highest BCUT2D eigenvalue weighted by Gasteiger charge is 2.18. The zero-order valence-electron chi connectivity index (χ0n) is 7.78. The second kappa shape index (κ2) is 2.94. The van der Waals surface area contributed by atoms with E-state index in [9.17, 15) is 0 Å². The molecule has 1 aliphatic heterocycles. The molecule has 2 N–H and O–H groups in total. The molecular formula is C10H16N2. The van der Waals surface area contributed by atoms with Crippen LogP contribution >= 0.6 is 0 Å². The highest BCUT2D eigenvalue weighted by atomic mass is 15.0. The molecule has 0 unspecified atom stereocenters. The molecule has 1 aromatic rings. The van der Waals surface area contributed by atoms with Gasteiger partial charge in [0.1, 0.15) is 0 Å². The van der Waals surface area contributed by atoms with E-state index in [-0.39, 0.29) is 0 Å². The van der Waals surface area contributed by atoms with Gasteiger partial charge in [0.25, 0.3) is 0 Å². The van der Waals surface area contributed by atoms with Crippen LogP contribution in [0.15, 0.2) is 6.07 Å². The zero-order chi connectivity index (χ0) is 8.55. The van der Waals surface area contributed by atoms with Crippen LogP contribution in [0.1, 0.15) is 35.8 Å². The molecule has 2 heterocycles. The van der Waals surface area contributed by atoms with Crippen molar-refractivity contribution < 1.29 is 0 Å². The van der Waals surface area contributed by atoms with Gasteiger partial charge in [-0.25, -0.2) is 0 Å². The van der Waals surface area contributed by atoms with E-state index in [1.165, 1.54) is 36.3 Å². The van der Waals surface area contributed by atoms with Crippen molar-refractivity contribution in [2.75, 3.05) is 6.54 Å². The first-order valence-electron chi connectivity index (χ1n) is 4.67. The summed E-state index contributed by atoms with van der Waals surface area (Å²) in [6, 6.07) is 2.80. The molecular weight excluding hydrogens is 148 g/mol. The van der Waals surface area contributed by atoms with E-state index in [2.05, 4.69) is 30.2 Å². The predicted octanol–water partition coefficient (Wildman–Crippen LogP) is 2.06. The van der Waals surface area contributed by atoms with Gasteiger partial charge < -0.3 is 10.3 Å². The van der Waals surface area contributed by atoms with Crippen LogP contribution in [0.4, 0.5) is 0 Å². The minimum absolute atomic E-state index is 0.582. The summed E-state index contributed by atoms with van der Waals surface area (Å²) >= 11 is 0. The molecule has 2 rings (SSSR count). The highest BCUT2D eigenvalue weighted by Crippen LogP contribution is 2.25. The molecule has 0 saturated carbocycles. The number of aromatic amines is 1. The van der Waals surface area contributed by atoms with Crippen molar-refractivity contribution in [3.8, 4) is 0 Å². The van der Waals surface area contributed by atoms with Crippen LogP contribution in [-0.4, -0.2) is 11.5 Å². The van der Waals surface area contributed by atoms with E-state index in [4.69, 9.17) is 0 Å². The molecule has 0 bridgehead atoms. The Bertz CT molecular complexity index is 269. The molecule has 0 amide bonds. The first-order chi connectivity index (χ1) is 5.77. The van der Waals surface area contributed by atoms with E-state index >= 15 is 0 Å². The Kier molecular flexibility index (Phi) is 1.93. The summed E-state index contributed by atoms with van der Waals surface area (Å²) < 4.78 is 0. The third-order valence-corrected chi connectivity index (χ3v) is 2.60. The van der Waals surface area contributed by atoms with Gasteiger partial charge in [-0.05, 0) is 44.9 Å². The lowest BCUT2D eigenvalue weighted by Crippen LogP contribution is -2.14. The molecule has 1 aromatic heterocycles. The molecule has 0 aliphatic carbocycles. The van der Waals surface area contributed by atoms with Crippen LogP contribution in [-0.2, 0) is 0 Å². The lowest BCUT2D eigenvalue weighted by Gasteiger charge is -2.08. The van der Waals surface area contributed by atoms with Crippen molar-refractivity contribution in [2.45, 2.75) is 32.7 Å². The number of hydrogen-bond donors (Lipinski definition) is 2. The van der Waals surface area contributed by atoms with Crippen molar-refractivity contribution >= 4 is 0 Å². The zero-order valence-corrected chi connectivity index (χ0v) is 7.78. The third-order valence-electron chi connectivity index (χ3n) is 2.60. The molecule has 1 atom stereocenters. The average molecular weight is 164 g/mol. The molecule has 12 heavy (non-hydrogen) atoms. The first-order valence-corrected chi connectivity index (χ1v) is 4.67. The second-order valence-corrected chi connectivity index (χ2v) is 3.70. The Balaban J connectivity index is 2.25. The summed E-state index contributed by atoms with van der Waals surface area (Å²) in [6.45, 7) is 5.46. The summed E-state index contributed by atoms with van der Waals surface area (Å²) in [5.74, 6) is 0. The van der Waals surface area contributed by atoms with Gasteiger partial charge in [0.15, 0.2) is 0 Å². The van der Waals surface area contributed by atoms with E-state index in [0.29, 0.717) is 6.04 Å². The van der Waals surface area contributed by atoms with Crippen molar-refractivity contribution in [1.29, 1.82) is 0 Å². The maximum atomic E-state index is 3.50. The Hall–Kier alpha value is -0.760. The van der Waals surface area contributed by atoms with Crippen molar-refractivity contribution in [2.24, 2.45) is 0 Å². The van der Waals surface area contributed by atoms with Gasteiger partial charge in [-0.1, -0.05) is 0 Å². The maximum Gasteiger partial charge on any atom is 0.0476 e. The maximum absolute atomic E-state index is 3.50. The SMILES string of the molecule is Cc1cc(C)c([C@@H]2CCCN2)[nH]1. The lowest BCUT2D eigenvalue weighted by molar-refractivity contribution is 0.627. The Labute approximate surface area is 73.4 Å².